The number of benzene rings is 1. The quantitative estimate of drug-likeness (QED) is 0.677. The van der Waals surface area contributed by atoms with Gasteiger partial charge in [-0.15, -0.1) is 11.3 Å². The summed E-state index contributed by atoms with van der Waals surface area (Å²) in [6.45, 7) is 7.83. The minimum absolute atomic E-state index is 0.0558. The number of hydrogen-bond donors (Lipinski definition) is 1. The van der Waals surface area contributed by atoms with Crippen LogP contribution in [0.5, 0.6) is 0 Å². The van der Waals surface area contributed by atoms with Crippen LogP contribution in [0.4, 0.5) is 0 Å². The van der Waals surface area contributed by atoms with Crippen LogP contribution in [0.3, 0.4) is 0 Å². The van der Waals surface area contributed by atoms with Crippen molar-refractivity contribution >= 4 is 17.2 Å². The monoisotopic (exact) mass is 410 g/mol. The molecular formula is C22H26N4O2S. The normalized spacial score (nSPS) is 15.9. The van der Waals surface area contributed by atoms with Crippen molar-refractivity contribution in [3.05, 3.63) is 69.7 Å². The fourth-order valence-corrected chi connectivity index (χ4v) is 4.58. The summed E-state index contributed by atoms with van der Waals surface area (Å²) in [5, 5.41) is 9.70. The molecule has 7 heteroatoms. The molecule has 0 saturated carbocycles. The van der Waals surface area contributed by atoms with E-state index in [9.17, 15) is 4.79 Å². The van der Waals surface area contributed by atoms with E-state index in [1.807, 2.05) is 48.9 Å². The first kappa shape index (κ1) is 19.8. The third kappa shape index (κ3) is 4.58. The lowest BCUT2D eigenvalue weighted by molar-refractivity contribution is 0.0169. The number of nitrogens with one attached hydrogen (secondary N) is 1. The molecule has 0 unspecified atom stereocenters. The van der Waals surface area contributed by atoms with E-state index in [1.165, 1.54) is 4.88 Å². The Bertz CT molecular complexity index is 944. The second-order valence-corrected chi connectivity index (χ2v) is 8.25. The number of thiophene rings is 1. The van der Waals surface area contributed by atoms with E-state index >= 15 is 0 Å². The first-order valence-corrected chi connectivity index (χ1v) is 10.8. The van der Waals surface area contributed by atoms with Gasteiger partial charge < -0.3 is 10.1 Å². The Labute approximate surface area is 175 Å². The maximum Gasteiger partial charge on any atom is 0.251 e. The summed E-state index contributed by atoms with van der Waals surface area (Å²) in [5.41, 5.74) is 3.66. The summed E-state index contributed by atoms with van der Waals surface area (Å²) in [6.07, 6.45) is 0. The van der Waals surface area contributed by atoms with Gasteiger partial charge in [0.25, 0.3) is 5.91 Å². The van der Waals surface area contributed by atoms with Gasteiger partial charge in [-0.3, -0.25) is 9.69 Å². The van der Waals surface area contributed by atoms with Gasteiger partial charge in [-0.05, 0) is 55.6 Å². The maximum atomic E-state index is 12.7. The van der Waals surface area contributed by atoms with Crippen LogP contribution in [0, 0.1) is 13.8 Å². The molecule has 152 valence electrons. The molecule has 0 aliphatic carbocycles. The molecule has 0 bridgehead atoms. The maximum absolute atomic E-state index is 12.7. The Balaban J connectivity index is 1.43. The highest BCUT2D eigenvalue weighted by Crippen LogP contribution is 2.25. The van der Waals surface area contributed by atoms with E-state index in [1.54, 1.807) is 11.3 Å². The van der Waals surface area contributed by atoms with Gasteiger partial charge in [-0.1, -0.05) is 6.07 Å². The number of carbonyl (C=O) groups is 1. The molecule has 3 aromatic rings. The van der Waals surface area contributed by atoms with Crippen LogP contribution in [0.1, 0.15) is 32.7 Å². The van der Waals surface area contributed by atoms with E-state index in [0.717, 1.165) is 43.4 Å². The molecule has 29 heavy (non-hydrogen) atoms. The zero-order valence-corrected chi connectivity index (χ0v) is 17.6. The van der Waals surface area contributed by atoms with Crippen molar-refractivity contribution in [3.63, 3.8) is 0 Å². The van der Waals surface area contributed by atoms with Crippen LogP contribution in [0.25, 0.3) is 5.69 Å². The molecule has 0 spiro atoms. The standard InChI is InChI=1S/C22H26N4O2S/c1-16-14-17(2)26(24-16)19-7-5-18(6-8-19)22(27)23-15-20(21-4-3-13-29-21)25-9-11-28-12-10-25/h3-8,13-14,20H,9-12,15H2,1-2H3,(H,23,27)/t20-/m1/s1. The van der Waals surface area contributed by atoms with E-state index in [4.69, 9.17) is 4.74 Å². The molecule has 2 aromatic heterocycles. The number of carbonyl (C=O) groups excluding carboxylic acids is 1. The number of aryl methyl sites for hydroxylation is 2. The van der Waals surface area contributed by atoms with Crippen LogP contribution >= 0.6 is 11.3 Å². The lowest BCUT2D eigenvalue weighted by atomic mass is 10.1. The Kier molecular flexibility index (Phi) is 6.08. The molecule has 0 radical (unpaired) electrons. The smallest absolute Gasteiger partial charge is 0.251 e. The van der Waals surface area contributed by atoms with Crippen molar-refractivity contribution in [1.82, 2.24) is 20.0 Å². The molecule has 1 aromatic carbocycles. The largest absolute Gasteiger partial charge is 0.379 e. The van der Waals surface area contributed by atoms with Gasteiger partial charge >= 0.3 is 0 Å². The molecule has 1 aliphatic heterocycles. The van der Waals surface area contributed by atoms with Gasteiger partial charge in [-0.2, -0.15) is 5.10 Å². The van der Waals surface area contributed by atoms with E-state index in [-0.39, 0.29) is 11.9 Å². The Morgan fingerprint density at radius 2 is 1.97 bits per heavy atom. The highest BCUT2D eigenvalue weighted by Gasteiger charge is 2.24. The van der Waals surface area contributed by atoms with Crippen LogP contribution in [0.2, 0.25) is 0 Å². The molecule has 1 atom stereocenters. The predicted molar refractivity (Wildman–Crippen MR) is 115 cm³/mol. The highest BCUT2D eigenvalue weighted by atomic mass is 32.1. The van der Waals surface area contributed by atoms with E-state index < -0.39 is 0 Å². The lowest BCUT2D eigenvalue weighted by Crippen LogP contribution is -2.43. The Morgan fingerprint density at radius 1 is 1.21 bits per heavy atom. The summed E-state index contributed by atoms with van der Waals surface area (Å²) in [7, 11) is 0. The summed E-state index contributed by atoms with van der Waals surface area (Å²) < 4.78 is 7.38. The van der Waals surface area contributed by atoms with Gasteiger partial charge in [0.15, 0.2) is 0 Å². The van der Waals surface area contributed by atoms with Crippen molar-refractivity contribution < 1.29 is 9.53 Å². The summed E-state index contributed by atoms with van der Waals surface area (Å²) in [5.74, 6) is -0.0558. The Morgan fingerprint density at radius 3 is 2.59 bits per heavy atom. The number of ether oxygens (including phenoxy) is 1. The van der Waals surface area contributed by atoms with E-state index in [0.29, 0.717) is 12.1 Å². The predicted octanol–water partition coefficient (Wildman–Crippen LogP) is 3.35. The van der Waals surface area contributed by atoms with Crippen molar-refractivity contribution in [2.24, 2.45) is 0 Å². The van der Waals surface area contributed by atoms with Crippen LogP contribution in [0.15, 0.2) is 47.8 Å². The number of nitrogens with zero attached hydrogens (tertiary/aromatic N) is 3. The van der Waals surface area contributed by atoms with Gasteiger partial charge in [0.05, 0.1) is 30.6 Å². The third-order valence-electron chi connectivity index (χ3n) is 5.20. The van der Waals surface area contributed by atoms with Crippen LogP contribution < -0.4 is 5.32 Å². The minimum atomic E-state index is -0.0558. The number of hydrogen-bond acceptors (Lipinski definition) is 5. The fourth-order valence-electron chi connectivity index (χ4n) is 3.72. The lowest BCUT2D eigenvalue weighted by Gasteiger charge is -2.34. The SMILES string of the molecule is Cc1cc(C)n(-c2ccc(C(=O)NC[C@H](c3cccs3)N3CCOCC3)cc2)n1. The van der Waals surface area contributed by atoms with E-state index in [2.05, 4.69) is 32.8 Å². The topological polar surface area (TPSA) is 59.4 Å². The number of amides is 1. The van der Waals surface area contributed by atoms with Crippen LogP contribution in [-0.4, -0.2) is 53.4 Å². The third-order valence-corrected chi connectivity index (χ3v) is 6.17. The molecule has 3 heterocycles. The molecule has 1 N–H and O–H groups in total. The fraction of sp³-hybridized carbons (Fsp3) is 0.364. The molecule has 6 nitrogen and oxygen atoms in total. The summed E-state index contributed by atoms with van der Waals surface area (Å²) in [4.78, 5) is 16.4. The zero-order valence-electron chi connectivity index (χ0n) is 16.8. The summed E-state index contributed by atoms with van der Waals surface area (Å²) >= 11 is 1.73. The van der Waals surface area contributed by atoms with Crippen molar-refractivity contribution in [3.8, 4) is 5.69 Å². The van der Waals surface area contributed by atoms with Crippen molar-refractivity contribution in [2.45, 2.75) is 19.9 Å². The number of morpholine rings is 1. The molecule has 4 rings (SSSR count). The molecule has 1 saturated heterocycles. The Hall–Kier alpha value is -2.48. The second-order valence-electron chi connectivity index (χ2n) is 7.28. The first-order chi connectivity index (χ1) is 14.1. The van der Waals surface area contributed by atoms with Gasteiger partial charge in [0.2, 0.25) is 0 Å². The van der Waals surface area contributed by atoms with Crippen LogP contribution in [-0.2, 0) is 4.74 Å². The average Bonchev–Trinajstić information content (AvgIpc) is 3.38. The summed E-state index contributed by atoms with van der Waals surface area (Å²) in [6, 6.07) is 14.0. The molecule has 1 aliphatic rings. The van der Waals surface area contributed by atoms with Crippen molar-refractivity contribution in [1.29, 1.82) is 0 Å². The zero-order chi connectivity index (χ0) is 20.2. The van der Waals surface area contributed by atoms with Crippen molar-refractivity contribution in [2.75, 3.05) is 32.8 Å². The van der Waals surface area contributed by atoms with Gasteiger partial charge in [-0.25, -0.2) is 4.68 Å². The minimum Gasteiger partial charge on any atom is -0.379 e. The number of aromatic nitrogens is 2. The first-order valence-electron chi connectivity index (χ1n) is 9.89. The highest BCUT2D eigenvalue weighted by molar-refractivity contribution is 7.10. The average molecular weight is 411 g/mol. The number of rotatable bonds is 6. The molecule has 1 fully saturated rings. The molecule has 1 amide bonds. The van der Waals surface area contributed by atoms with Gasteiger partial charge in [0, 0.05) is 35.8 Å². The second kappa shape index (κ2) is 8.90. The molecular weight excluding hydrogens is 384 g/mol. The van der Waals surface area contributed by atoms with Gasteiger partial charge in [0.1, 0.15) is 0 Å².